The molecule has 1 aliphatic rings. The van der Waals surface area contributed by atoms with Gasteiger partial charge in [-0.2, -0.15) is 5.26 Å². The van der Waals surface area contributed by atoms with Crippen LogP contribution in [-0.4, -0.2) is 30.5 Å². The van der Waals surface area contributed by atoms with Gasteiger partial charge in [-0.05, 0) is 18.2 Å². The van der Waals surface area contributed by atoms with Crippen molar-refractivity contribution in [1.82, 2.24) is 0 Å². The number of nitrogens with zero attached hydrogens (tertiary/aromatic N) is 1. The summed E-state index contributed by atoms with van der Waals surface area (Å²) in [6.07, 6.45) is 1.22. The van der Waals surface area contributed by atoms with E-state index < -0.39 is 5.60 Å². The molecule has 0 spiro atoms. The first-order valence-electron chi connectivity index (χ1n) is 5.97. The van der Waals surface area contributed by atoms with Gasteiger partial charge in [0.1, 0.15) is 6.07 Å². The predicted octanol–water partition coefficient (Wildman–Crippen LogP) is 1.09. The van der Waals surface area contributed by atoms with E-state index in [9.17, 15) is 5.11 Å². The van der Waals surface area contributed by atoms with E-state index >= 15 is 0 Å². The number of nitrogens with one attached hydrogen (secondary N) is 1. The van der Waals surface area contributed by atoms with Crippen LogP contribution >= 0.6 is 0 Å². The van der Waals surface area contributed by atoms with Crippen molar-refractivity contribution < 1.29 is 9.84 Å². The summed E-state index contributed by atoms with van der Waals surface area (Å²) in [5.74, 6) is 0. The third kappa shape index (κ3) is 2.92. The van der Waals surface area contributed by atoms with Crippen molar-refractivity contribution in [2.24, 2.45) is 0 Å². The highest BCUT2D eigenvalue weighted by Crippen LogP contribution is 2.23. The van der Waals surface area contributed by atoms with Crippen LogP contribution in [0, 0.1) is 11.3 Å². The molecule has 1 fully saturated rings. The molecule has 1 aromatic carbocycles. The van der Waals surface area contributed by atoms with Gasteiger partial charge in [-0.3, -0.25) is 0 Å². The lowest BCUT2D eigenvalue weighted by Crippen LogP contribution is -2.42. The molecule has 0 aliphatic carbocycles. The highest BCUT2D eigenvalue weighted by Gasteiger charge is 2.29. The zero-order valence-corrected chi connectivity index (χ0v) is 10.1. The molecule has 5 nitrogen and oxygen atoms in total. The highest BCUT2D eigenvalue weighted by molar-refractivity contribution is 5.63. The minimum Gasteiger partial charge on any atom is -0.399 e. The van der Waals surface area contributed by atoms with Crippen LogP contribution in [0.25, 0.3) is 0 Å². The second-order valence-corrected chi connectivity index (χ2v) is 4.61. The average Bonchev–Trinajstić information content (AvgIpc) is 2.38. The molecule has 0 atom stereocenters. The van der Waals surface area contributed by atoms with Crippen LogP contribution in [0.1, 0.15) is 18.4 Å². The highest BCUT2D eigenvalue weighted by atomic mass is 16.5. The van der Waals surface area contributed by atoms with Crippen molar-refractivity contribution in [3.63, 3.8) is 0 Å². The molecule has 1 heterocycles. The summed E-state index contributed by atoms with van der Waals surface area (Å²) in [6.45, 7) is 1.56. The molecule has 0 unspecified atom stereocenters. The second-order valence-electron chi connectivity index (χ2n) is 4.61. The molecule has 0 amide bonds. The number of nitrogens with two attached hydrogens (primary N) is 1. The Morgan fingerprint density at radius 3 is 2.83 bits per heavy atom. The molecule has 2 rings (SSSR count). The molecule has 0 radical (unpaired) electrons. The first-order chi connectivity index (χ1) is 8.63. The van der Waals surface area contributed by atoms with E-state index in [0.29, 0.717) is 49.5 Å². The summed E-state index contributed by atoms with van der Waals surface area (Å²) in [4.78, 5) is 0. The number of hydrogen-bond acceptors (Lipinski definition) is 5. The lowest BCUT2D eigenvalue weighted by Gasteiger charge is -2.32. The normalized spacial score (nSPS) is 18.0. The quantitative estimate of drug-likeness (QED) is 0.695. The van der Waals surface area contributed by atoms with E-state index in [1.54, 1.807) is 18.2 Å². The van der Waals surface area contributed by atoms with Gasteiger partial charge in [-0.1, -0.05) is 0 Å². The number of nitriles is 1. The Bertz CT molecular complexity index is 462. The topological polar surface area (TPSA) is 91.3 Å². The van der Waals surface area contributed by atoms with Gasteiger partial charge >= 0.3 is 0 Å². The van der Waals surface area contributed by atoms with Crippen molar-refractivity contribution in [1.29, 1.82) is 5.26 Å². The van der Waals surface area contributed by atoms with Crippen LogP contribution in [0.3, 0.4) is 0 Å². The maximum atomic E-state index is 10.3. The van der Waals surface area contributed by atoms with Gasteiger partial charge in [0, 0.05) is 38.3 Å². The van der Waals surface area contributed by atoms with Gasteiger partial charge in [0.05, 0.1) is 16.9 Å². The van der Waals surface area contributed by atoms with Gasteiger partial charge in [-0.25, -0.2) is 0 Å². The summed E-state index contributed by atoms with van der Waals surface area (Å²) in [6, 6.07) is 7.20. The lowest BCUT2D eigenvalue weighted by molar-refractivity contribution is -0.0543. The molecule has 0 bridgehead atoms. The lowest BCUT2D eigenvalue weighted by atomic mass is 9.94. The van der Waals surface area contributed by atoms with Gasteiger partial charge in [0.15, 0.2) is 0 Å². The summed E-state index contributed by atoms with van der Waals surface area (Å²) < 4.78 is 5.22. The Hall–Kier alpha value is -1.77. The summed E-state index contributed by atoms with van der Waals surface area (Å²) >= 11 is 0. The number of rotatable bonds is 3. The SMILES string of the molecule is N#Cc1cc(N)ccc1NCC1(O)CCOCC1. The third-order valence-corrected chi connectivity index (χ3v) is 3.20. The fourth-order valence-corrected chi connectivity index (χ4v) is 2.00. The largest absolute Gasteiger partial charge is 0.399 e. The minimum atomic E-state index is -0.758. The van der Waals surface area contributed by atoms with E-state index in [0.717, 1.165) is 0 Å². The van der Waals surface area contributed by atoms with Crippen LogP contribution in [0.2, 0.25) is 0 Å². The van der Waals surface area contributed by atoms with Crippen LogP contribution in [0.15, 0.2) is 18.2 Å². The number of anilines is 2. The van der Waals surface area contributed by atoms with Crippen LogP contribution in [0.5, 0.6) is 0 Å². The Morgan fingerprint density at radius 1 is 1.44 bits per heavy atom. The molecule has 1 aromatic rings. The van der Waals surface area contributed by atoms with Gasteiger partial charge in [-0.15, -0.1) is 0 Å². The number of benzene rings is 1. The van der Waals surface area contributed by atoms with E-state index in [4.69, 9.17) is 15.7 Å². The molecular weight excluding hydrogens is 230 g/mol. The molecule has 4 N–H and O–H groups in total. The van der Waals surface area contributed by atoms with Gasteiger partial charge in [0.2, 0.25) is 0 Å². The van der Waals surface area contributed by atoms with Crippen molar-refractivity contribution in [3.8, 4) is 6.07 Å². The molecule has 18 heavy (non-hydrogen) atoms. The van der Waals surface area contributed by atoms with Crippen molar-refractivity contribution >= 4 is 11.4 Å². The third-order valence-electron chi connectivity index (χ3n) is 3.20. The first kappa shape index (κ1) is 12.7. The van der Waals surface area contributed by atoms with Crippen LogP contribution < -0.4 is 11.1 Å². The molecule has 1 aliphatic heterocycles. The number of hydrogen-bond donors (Lipinski definition) is 3. The van der Waals surface area contributed by atoms with Crippen LogP contribution in [-0.2, 0) is 4.74 Å². The Kier molecular flexibility index (Phi) is 3.70. The predicted molar refractivity (Wildman–Crippen MR) is 69.1 cm³/mol. The Labute approximate surface area is 106 Å². The molecule has 0 aromatic heterocycles. The Morgan fingerprint density at radius 2 is 2.17 bits per heavy atom. The van der Waals surface area contributed by atoms with E-state index in [-0.39, 0.29) is 0 Å². The van der Waals surface area contributed by atoms with Gasteiger partial charge < -0.3 is 20.9 Å². The maximum Gasteiger partial charge on any atom is 0.101 e. The fraction of sp³-hybridized carbons (Fsp3) is 0.462. The molecular formula is C13H17N3O2. The second kappa shape index (κ2) is 5.25. The van der Waals surface area contributed by atoms with Crippen molar-refractivity contribution in [2.45, 2.75) is 18.4 Å². The molecule has 5 heteroatoms. The number of ether oxygens (including phenoxy) is 1. The van der Waals surface area contributed by atoms with Crippen molar-refractivity contribution in [2.75, 3.05) is 30.8 Å². The van der Waals surface area contributed by atoms with E-state index in [2.05, 4.69) is 11.4 Å². The number of aliphatic hydroxyl groups is 1. The first-order valence-corrected chi connectivity index (χ1v) is 5.97. The zero-order chi connectivity index (χ0) is 13.0. The number of nitrogen functional groups attached to an aromatic ring is 1. The zero-order valence-electron chi connectivity index (χ0n) is 10.1. The molecule has 1 saturated heterocycles. The summed E-state index contributed by atoms with van der Waals surface area (Å²) in [7, 11) is 0. The van der Waals surface area contributed by atoms with Crippen molar-refractivity contribution in [3.05, 3.63) is 23.8 Å². The smallest absolute Gasteiger partial charge is 0.101 e. The van der Waals surface area contributed by atoms with E-state index in [1.807, 2.05) is 0 Å². The summed E-state index contributed by atoms with van der Waals surface area (Å²) in [5.41, 5.74) is 6.61. The molecule has 0 saturated carbocycles. The minimum absolute atomic E-state index is 0.412. The van der Waals surface area contributed by atoms with Gasteiger partial charge in [0.25, 0.3) is 0 Å². The maximum absolute atomic E-state index is 10.3. The molecule has 96 valence electrons. The average molecular weight is 247 g/mol. The van der Waals surface area contributed by atoms with E-state index in [1.165, 1.54) is 0 Å². The fourth-order valence-electron chi connectivity index (χ4n) is 2.00. The standard InChI is InChI=1S/C13H17N3O2/c14-8-10-7-11(15)1-2-12(10)16-9-13(17)3-5-18-6-4-13/h1-2,7,16-17H,3-6,9,15H2. The summed E-state index contributed by atoms with van der Waals surface area (Å²) in [5, 5.41) is 22.4. The Balaban J connectivity index is 2.04. The van der Waals surface area contributed by atoms with Crippen LogP contribution in [0.4, 0.5) is 11.4 Å². The monoisotopic (exact) mass is 247 g/mol.